The summed E-state index contributed by atoms with van der Waals surface area (Å²) in [6.07, 6.45) is 8.89. The number of para-hydroxylation sites is 1. The molecule has 0 atom stereocenters. The van der Waals surface area contributed by atoms with Crippen molar-refractivity contribution in [2.45, 2.75) is 13.8 Å². The summed E-state index contributed by atoms with van der Waals surface area (Å²) in [6, 6.07) is 13.9. The van der Waals surface area contributed by atoms with E-state index in [1.165, 1.54) is 0 Å². The smallest absolute Gasteiger partial charge is 0.0630 e. The molecule has 0 aliphatic rings. The molecule has 0 aliphatic carbocycles. The number of rotatable bonds is 6. The van der Waals surface area contributed by atoms with E-state index in [0.717, 1.165) is 21.1 Å². The first-order valence-corrected chi connectivity index (χ1v) is 8.31. The Morgan fingerprint density at radius 3 is 2.22 bits per heavy atom. The van der Waals surface area contributed by atoms with Gasteiger partial charge in [0.25, 0.3) is 0 Å². The van der Waals surface area contributed by atoms with Gasteiger partial charge in [0.15, 0.2) is 0 Å². The Labute approximate surface area is 143 Å². The minimum atomic E-state index is 0.790. The van der Waals surface area contributed by atoms with Crippen molar-refractivity contribution in [3.8, 4) is 0 Å². The zero-order valence-corrected chi connectivity index (χ0v) is 14.5. The summed E-state index contributed by atoms with van der Waals surface area (Å²) in [6.45, 7) is 11.4. The van der Waals surface area contributed by atoms with Crippen molar-refractivity contribution < 1.29 is 0 Å². The summed E-state index contributed by atoms with van der Waals surface area (Å²) in [5, 5.41) is 0. The molecule has 0 N–H and O–H groups in total. The van der Waals surface area contributed by atoms with E-state index in [1.807, 2.05) is 74.8 Å². The number of hydrogen-bond acceptors (Lipinski definition) is 3. The zero-order valence-electron chi connectivity index (χ0n) is 13.6. The third kappa shape index (κ3) is 6.85. The molecule has 0 fully saturated rings. The van der Waals surface area contributed by atoms with Crippen molar-refractivity contribution in [2.75, 3.05) is 0 Å². The highest BCUT2D eigenvalue weighted by Crippen LogP contribution is 2.15. The average Bonchev–Trinajstić information content (AvgIpc) is 3.07. The maximum Gasteiger partial charge on any atom is 0.0630 e. The second-order valence-electron chi connectivity index (χ2n) is 4.12. The Balaban J connectivity index is 0.00000127. The largest absolute Gasteiger partial charge is 0.255 e. The van der Waals surface area contributed by atoms with E-state index >= 15 is 0 Å². The number of benzene rings is 1. The van der Waals surface area contributed by atoms with Crippen LogP contribution in [0, 0.1) is 0 Å². The number of aliphatic imine (C=N–C) groups is 2. The second-order valence-corrected chi connectivity index (χ2v) is 5.27. The molecule has 1 heterocycles. The molecule has 1 aromatic heterocycles. The van der Waals surface area contributed by atoms with E-state index in [-0.39, 0.29) is 0 Å². The van der Waals surface area contributed by atoms with E-state index in [0.29, 0.717) is 0 Å². The van der Waals surface area contributed by atoms with Crippen molar-refractivity contribution in [3.63, 3.8) is 0 Å². The van der Waals surface area contributed by atoms with Gasteiger partial charge in [0.2, 0.25) is 0 Å². The predicted molar refractivity (Wildman–Crippen MR) is 105 cm³/mol. The summed E-state index contributed by atoms with van der Waals surface area (Å²) in [4.78, 5) is 10.9. The highest BCUT2D eigenvalue weighted by molar-refractivity contribution is 7.15. The Morgan fingerprint density at radius 1 is 0.957 bits per heavy atom. The Hall–Kier alpha value is -2.52. The SMILES string of the molecule is C=C/C=C(\C=C)N=Cc1ccc(C=Nc2ccccc2)s1.CC. The summed E-state index contributed by atoms with van der Waals surface area (Å²) in [5.41, 5.74) is 1.74. The summed E-state index contributed by atoms with van der Waals surface area (Å²) in [7, 11) is 0. The zero-order chi connectivity index (χ0) is 16.9. The molecule has 0 unspecified atom stereocenters. The quantitative estimate of drug-likeness (QED) is 0.447. The molecule has 0 spiro atoms. The van der Waals surface area contributed by atoms with Gasteiger partial charge in [0, 0.05) is 22.2 Å². The van der Waals surface area contributed by atoms with Crippen LogP contribution in [0.3, 0.4) is 0 Å². The molecule has 0 aliphatic heterocycles. The van der Waals surface area contributed by atoms with Gasteiger partial charge in [-0.2, -0.15) is 0 Å². The Kier molecular flexibility index (Phi) is 8.94. The highest BCUT2D eigenvalue weighted by atomic mass is 32.1. The lowest BCUT2D eigenvalue weighted by Crippen LogP contribution is -1.75. The molecule has 1 aromatic carbocycles. The fourth-order valence-electron chi connectivity index (χ4n) is 1.58. The molecule has 2 nitrogen and oxygen atoms in total. The van der Waals surface area contributed by atoms with Gasteiger partial charge < -0.3 is 0 Å². The van der Waals surface area contributed by atoms with Gasteiger partial charge in [-0.3, -0.25) is 9.98 Å². The highest BCUT2D eigenvalue weighted by Gasteiger charge is 1.95. The van der Waals surface area contributed by atoms with Gasteiger partial charge in [-0.15, -0.1) is 11.3 Å². The lowest BCUT2D eigenvalue weighted by molar-refractivity contribution is 1.43. The number of allylic oxidation sites excluding steroid dienone is 3. The molecule has 23 heavy (non-hydrogen) atoms. The van der Waals surface area contributed by atoms with E-state index in [9.17, 15) is 0 Å². The van der Waals surface area contributed by atoms with Crippen LogP contribution in [0.1, 0.15) is 23.6 Å². The monoisotopic (exact) mass is 322 g/mol. The molecule has 0 amide bonds. The van der Waals surface area contributed by atoms with Gasteiger partial charge in [0.1, 0.15) is 0 Å². The fraction of sp³-hybridized carbons (Fsp3) is 0.100. The predicted octanol–water partition coefficient (Wildman–Crippen LogP) is 6.20. The first-order chi connectivity index (χ1) is 11.3. The van der Waals surface area contributed by atoms with E-state index < -0.39 is 0 Å². The van der Waals surface area contributed by atoms with Crippen molar-refractivity contribution in [2.24, 2.45) is 9.98 Å². The summed E-state index contributed by atoms with van der Waals surface area (Å²) >= 11 is 1.64. The molecule has 0 radical (unpaired) electrons. The van der Waals surface area contributed by atoms with E-state index in [2.05, 4.69) is 23.1 Å². The fourth-order valence-corrected chi connectivity index (χ4v) is 2.34. The van der Waals surface area contributed by atoms with Crippen LogP contribution in [-0.2, 0) is 0 Å². The van der Waals surface area contributed by atoms with Crippen molar-refractivity contribution in [1.29, 1.82) is 0 Å². The van der Waals surface area contributed by atoms with Crippen LogP contribution in [0.15, 0.2) is 89.5 Å². The minimum absolute atomic E-state index is 0.790. The van der Waals surface area contributed by atoms with E-state index in [4.69, 9.17) is 0 Å². The molecule has 0 saturated carbocycles. The van der Waals surface area contributed by atoms with Crippen LogP contribution in [0.2, 0.25) is 0 Å². The lowest BCUT2D eigenvalue weighted by atomic mass is 10.3. The second kappa shape index (κ2) is 11.1. The van der Waals surface area contributed by atoms with E-state index in [1.54, 1.807) is 23.5 Å². The lowest BCUT2D eigenvalue weighted by Gasteiger charge is -1.90. The topological polar surface area (TPSA) is 24.7 Å². The number of thiophene rings is 1. The van der Waals surface area contributed by atoms with Crippen LogP contribution in [-0.4, -0.2) is 12.4 Å². The first-order valence-electron chi connectivity index (χ1n) is 7.50. The first kappa shape index (κ1) is 18.5. The minimum Gasteiger partial charge on any atom is -0.255 e. The third-order valence-electron chi connectivity index (χ3n) is 2.58. The molecule has 2 rings (SSSR count). The van der Waals surface area contributed by atoms with Gasteiger partial charge in [0.05, 0.1) is 11.4 Å². The number of nitrogens with zero attached hydrogens (tertiary/aromatic N) is 2. The summed E-state index contributed by atoms with van der Waals surface area (Å²) < 4.78 is 0. The van der Waals surface area contributed by atoms with Crippen molar-refractivity contribution in [3.05, 3.63) is 89.3 Å². The van der Waals surface area contributed by atoms with Crippen LogP contribution in [0.4, 0.5) is 5.69 Å². The molecule has 0 saturated heterocycles. The molecular weight excluding hydrogens is 300 g/mol. The Morgan fingerprint density at radius 2 is 1.61 bits per heavy atom. The molecule has 118 valence electrons. The molecule has 2 aromatic rings. The Bertz CT molecular complexity index is 691. The normalized spacial score (nSPS) is 11.3. The van der Waals surface area contributed by atoms with Crippen LogP contribution in [0.25, 0.3) is 0 Å². The van der Waals surface area contributed by atoms with Crippen molar-refractivity contribution in [1.82, 2.24) is 0 Å². The number of hydrogen-bond donors (Lipinski definition) is 0. The average molecular weight is 322 g/mol. The van der Waals surface area contributed by atoms with Gasteiger partial charge in [-0.25, -0.2) is 0 Å². The van der Waals surface area contributed by atoms with Crippen molar-refractivity contribution >= 4 is 29.5 Å². The third-order valence-corrected chi connectivity index (χ3v) is 3.54. The maximum atomic E-state index is 4.43. The molecule has 3 heteroatoms. The maximum absolute atomic E-state index is 4.43. The van der Waals surface area contributed by atoms with Crippen LogP contribution in [0.5, 0.6) is 0 Å². The standard InChI is InChI=1S/C18H16N2S.C2H6/c1-3-8-15(4-2)19-13-17-11-12-18(21-17)14-20-16-9-6-5-7-10-16;1-2/h3-14H,1-2H2;1-2H3/b15-8+,19-13?,20-14?;. The van der Waals surface area contributed by atoms with Gasteiger partial charge in [-0.1, -0.05) is 51.3 Å². The molecular formula is C20H22N2S. The summed E-state index contributed by atoms with van der Waals surface area (Å²) in [5.74, 6) is 0. The van der Waals surface area contributed by atoms with Crippen LogP contribution >= 0.6 is 11.3 Å². The van der Waals surface area contributed by atoms with Crippen LogP contribution < -0.4 is 0 Å². The van der Waals surface area contributed by atoms with Gasteiger partial charge in [-0.05, 0) is 36.4 Å². The molecule has 0 bridgehead atoms. The van der Waals surface area contributed by atoms with Gasteiger partial charge >= 0.3 is 0 Å².